The summed E-state index contributed by atoms with van der Waals surface area (Å²) < 4.78 is 1.81. The van der Waals surface area contributed by atoms with Crippen LogP contribution in [0.1, 0.15) is 19.2 Å². The lowest BCUT2D eigenvalue weighted by molar-refractivity contribution is 0.546. The molecule has 0 spiro atoms. The number of tetrazole rings is 1. The van der Waals surface area contributed by atoms with Crippen LogP contribution in [0.15, 0.2) is 30.3 Å². The standard InChI is InChI=1S/C12H15BrN4/c1-2-10(9-13)8-12-14-15-16-17(12)11-6-4-3-5-7-11/h3-7,10H,2,8-9H2,1H3. The van der Waals surface area contributed by atoms with Crippen LogP contribution in [0.25, 0.3) is 5.69 Å². The molecule has 1 unspecified atom stereocenters. The molecule has 1 heterocycles. The van der Waals surface area contributed by atoms with Gasteiger partial charge in [0.1, 0.15) is 0 Å². The van der Waals surface area contributed by atoms with Gasteiger partial charge in [-0.05, 0) is 28.5 Å². The maximum absolute atomic E-state index is 4.11. The Bertz CT molecular complexity index is 451. The Morgan fingerprint density at radius 3 is 2.71 bits per heavy atom. The van der Waals surface area contributed by atoms with Crippen molar-refractivity contribution in [3.63, 3.8) is 0 Å². The average molecular weight is 295 g/mol. The molecule has 4 nitrogen and oxygen atoms in total. The van der Waals surface area contributed by atoms with Crippen molar-refractivity contribution in [3.05, 3.63) is 36.2 Å². The minimum Gasteiger partial charge on any atom is -0.197 e. The normalized spacial score (nSPS) is 12.6. The average Bonchev–Trinajstić information content (AvgIpc) is 2.85. The maximum Gasteiger partial charge on any atom is 0.157 e. The second-order valence-corrected chi connectivity index (χ2v) is 4.62. The van der Waals surface area contributed by atoms with Gasteiger partial charge in [-0.2, -0.15) is 4.68 Å². The van der Waals surface area contributed by atoms with Gasteiger partial charge < -0.3 is 0 Å². The van der Waals surface area contributed by atoms with Crippen LogP contribution in [0.5, 0.6) is 0 Å². The number of halogens is 1. The summed E-state index contributed by atoms with van der Waals surface area (Å²) in [7, 11) is 0. The summed E-state index contributed by atoms with van der Waals surface area (Å²) in [6.07, 6.45) is 2.01. The summed E-state index contributed by atoms with van der Waals surface area (Å²) in [4.78, 5) is 0. The summed E-state index contributed by atoms with van der Waals surface area (Å²) in [6, 6.07) is 9.98. The predicted octanol–water partition coefficient (Wildman–Crippen LogP) is 2.63. The predicted molar refractivity (Wildman–Crippen MR) is 70.4 cm³/mol. The fourth-order valence-corrected chi connectivity index (χ4v) is 2.36. The van der Waals surface area contributed by atoms with Crippen molar-refractivity contribution < 1.29 is 0 Å². The Labute approximate surface area is 109 Å². The summed E-state index contributed by atoms with van der Waals surface area (Å²) >= 11 is 3.52. The third kappa shape index (κ3) is 2.91. The maximum atomic E-state index is 4.11. The van der Waals surface area contributed by atoms with Crippen LogP contribution in [-0.4, -0.2) is 25.5 Å². The number of aromatic nitrogens is 4. The van der Waals surface area contributed by atoms with Crippen molar-refractivity contribution in [2.24, 2.45) is 5.92 Å². The molecule has 17 heavy (non-hydrogen) atoms. The Kier molecular flexibility index (Phi) is 4.25. The van der Waals surface area contributed by atoms with Crippen molar-refractivity contribution in [1.29, 1.82) is 0 Å². The van der Waals surface area contributed by atoms with Crippen LogP contribution in [-0.2, 0) is 6.42 Å². The molecule has 0 N–H and O–H groups in total. The Balaban J connectivity index is 2.23. The highest BCUT2D eigenvalue weighted by atomic mass is 79.9. The third-order valence-corrected chi connectivity index (χ3v) is 3.72. The number of para-hydroxylation sites is 1. The molecule has 0 aliphatic rings. The van der Waals surface area contributed by atoms with Gasteiger partial charge in [0.2, 0.25) is 0 Å². The highest BCUT2D eigenvalue weighted by molar-refractivity contribution is 9.09. The van der Waals surface area contributed by atoms with E-state index in [1.165, 1.54) is 0 Å². The molecule has 1 aromatic carbocycles. The Morgan fingerprint density at radius 2 is 2.06 bits per heavy atom. The highest BCUT2D eigenvalue weighted by Crippen LogP contribution is 2.15. The zero-order chi connectivity index (χ0) is 12.1. The molecule has 0 saturated heterocycles. The van der Waals surface area contributed by atoms with Gasteiger partial charge >= 0.3 is 0 Å². The fourth-order valence-electron chi connectivity index (χ4n) is 1.67. The molecule has 1 atom stereocenters. The number of alkyl halides is 1. The SMILES string of the molecule is CCC(CBr)Cc1nnnn1-c1ccccc1. The summed E-state index contributed by atoms with van der Waals surface area (Å²) in [5, 5.41) is 12.9. The molecule has 0 bridgehead atoms. The van der Waals surface area contributed by atoms with Gasteiger partial charge in [0, 0.05) is 11.8 Å². The monoisotopic (exact) mass is 294 g/mol. The first-order valence-electron chi connectivity index (χ1n) is 5.73. The molecule has 0 radical (unpaired) electrons. The number of hydrogen-bond donors (Lipinski definition) is 0. The topological polar surface area (TPSA) is 43.6 Å². The number of nitrogens with zero attached hydrogens (tertiary/aromatic N) is 4. The molecular formula is C12H15BrN4. The largest absolute Gasteiger partial charge is 0.197 e. The number of benzene rings is 1. The van der Waals surface area contributed by atoms with Gasteiger partial charge in [0.05, 0.1) is 5.69 Å². The van der Waals surface area contributed by atoms with Gasteiger partial charge in [-0.15, -0.1) is 5.10 Å². The van der Waals surface area contributed by atoms with Crippen LogP contribution in [0.2, 0.25) is 0 Å². The Hall–Kier alpha value is -1.23. The van der Waals surface area contributed by atoms with E-state index >= 15 is 0 Å². The second-order valence-electron chi connectivity index (χ2n) is 3.98. The van der Waals surface area contributed by atoms with Crippen molar-refractivity contribution in [1.82, 2.24) is 20.2 Å². The van der Waals surface area contributed by atoms with E-state index in [1.807, 2.05) is 35.0 Å². The van der Waals surface area contributed by atoms with Crippen LogP contribution < -0.4 is 0 Å². The van der Waals surface area contributed by atoms with Crippen LogP contribution in [0, 0.1) is 5.92 Å². The van der Waals surface area contributed by atoms with E-state index < -0.39 is 0 Å². The fraction of sp³-hybridized carbons (Fsp3) is 0.417. The lowest BCUT2D eigenvalue weighted by atomic mass is 10.1. The van der Waals surface area contributed by atoms with Crippen molar-refractivity contribution in [2.45, 2.75) is 19.8 Å². The molecule has 2 aromatic rings. The van der Waals surface area contributed by atoms with Gasteiger partial charge in [-0.1, -0.05) is 47.5 Å². The van der Waals surface area contributed by atoms with Crippen LogP contribution >= 0.6 is 15.9 Å². The first-order valence-corrected chi connectivity index (χ1v) is 6.86. The molecule has 0 saturated carbocycles. The zero-order valence-electron chi connectivity index (χ0n) is 9.75. The van der Waals surface area contributed by atoms with E-state index in [9.17, 15) is 0 Å². The second kappa shape index (κ2) is 5.91. The molecule has 5 heteroatoms. The Morgan fingerprint density at radius 1 is 1.29 bits per heavy atom. The van der Waals surface area contributed by atoms with Crippen molar-refractivity contribution in [2.75, 3.05) is 5.33 Å². The lowest BCUT2D eigenvalue weighted by Crippen LogP contribution is -2.11. The highest BCUT2D eigenvalue weighted by Gasteiger charge is 2.13. The molecule has 0 aliphatic heterocycles. The molecule has 0 amide bonds. The molecule has 1 aromatic heterocycles. The van der Waals surface area contributed by atoms with E-state index in [0.717, 1.165) is 29.7 Å². The van der Waals surface area contributed by atoms with E-state index in [0.29, 0.717) is 5.92 Å². The minimum absolute atomic E-state index is 0.573. The lowest BCUT2D eigenvalue weighted by Gasteiger charge is -2.10. The first-order chi connectivity index (χ1) is 8.35. The molecule has 2 rings (SSSR count). The van der Waals surface area contributed by atoms with Crippen LogP contribution in [0.4, 0.5) is 0 Å². The number of rotatable bonds is 5. The summed E-state index contributed by atoms with van der Waals surface area (Å²) in [6.45, 7) is 2.18. The van der Waals surface area contributed by atoms with Crippen molar-refractivity contribution in [3.8, 4) is 5.69 Å². The van der Waals surface area contributed by atoms with E-state index in [4.69, 9.17) is 0 Å². The third-order valence-electron chi connectivity index (χ3n) is 2.80. The molecule has 0 fully saturated rings. The summed E-state index contributed by atoms with van der Waals surface area (Å²) in [5.41, 5.74) is 1.01. The molecule has 0 aliphatic carbocycles. The van der Waals surface area contributed by atoms with Crippen LogP contribution in [0.3, 0.4) is 0 Å². The molecule has 90 valence electrons. The van der Waals surface area contributed by atoms with E-state index in [-0.39, 0.29) is 0 Å². The summed E-state index contributed by atoms with van der Waals surface area (Å²) in [5.74, 6) is 1.49. The van der Waals surface area contributed by atoms with Crippen molar-refractivity contribution >= 4 is 15.9 Å². The van der Waals surface area contributed by atoms with E-state index in [1.54, 1.807) is 0 Å². The van der Waals surface area contributed by atoms with E-state index in [2.05, 4.69) is 38.4 Å². The molecular weight excluding hydrogens is 280 g/mol. The van der Waals surface area contributed by atoms with Gasteiger partial charge in [0.15, 0.2) is 5.82 Å². The van der Waals surface area contributed by atoms with Gasteiger partial charge in [0.25, 0.3) is 0 Å². The van der Waals surface area contributed by atoms with Gasteiger partial charge in [-0.3, -0.25) is 0 Å². The smallest absolute Gasteiger partial charge is 0.157 e. The number of hydrogen-bond acceptors (Lipinski definition) is 3. The zero-order valence-corrected chi connectivity index (χ0v) is 11.3. The van der Waals surface area contributed by atoms with Gasteiger partial charge in [-0.25, -0.2) is 0 Å². The quantitative estimate of drug-likeness (QED) is 0.796. The first kappa shape index (κ1) is 12.2. The minimum atomic E-state index is 0.573.